The van der Waals surface area contributed by atoms with Crippen LogP contribution in [0.5, 0.6) is 0 Å². The highest BCUT2D eigenvalue weighted by Crippen LogP contribution is 2.33. The van der Waals surface area contributed by atoms with Gasteiger partial charge in [-0.3, -0.25) is 0 Å². The molecule has 6 heteroatoms. The van der Waals surface area contributed by atoms with Crippen molar-refractivity contribution in [1.29, 1.82) is 0 Å². The molecule has 5 nitrogen and oxygen atoms in total. The number of aromatic amines is 1. The molecule has 136 valence electrons. The Labute approximate surface area is 153 Å². The first-order valence-corrected chi connectivity index (χ1v) is 10.6. The summed E-state index contributed by atoms with van der Waals surface area (Å²) in [7, 11) is -3.17. The average molecular weight is 369 g/mol. The van der Waals surface area contributed by atoms with E-state index in [4.69, 9.17) is 0 Å². The number of fused-ring (bicyclic) bond motifs is 2. The fourth-order valence-corrected chi connectivity index (χ4v) is 5.33. The second-order valence-electron chi connectivity index (χ2n) is 7.25. The van der Waals surface area contributed by atoms with E-state index in [0.29, 0.717) is 11.3 Å². The van der Waals surface area contributed by atoms with E-state index < -0.39 is 9.84 Å². The zero-order chi connectivity index (χ0) is 18.3. The Morgan fingerprint density at radius 2 is 2.04 bits per heavy atom. The molecule has 2 aromatic heterocycles. The molecule has 0 unspecified atom stereocenters. The van der Waals surface area contributed by atoms with Crippen LogP contribution in [0.4, 0.5) is 5.82 Å². The minimum Gasteiger partial charge on any atom is -0.362 e. The first-order chi connectivity index (χ1) is 12.5. The van der Waals surface area contributed by atoms with Gasteiger partial charge in [-0.05, 0) is 48.1 Å². The van der Waals surface area contributed by atoms with Gasteiger partial charge in [-0.1, -0.05) is 26.0 Å². The maximum Gasteiger partial charge on any atom is 0.178 e. The largest absolute Gasteiger partial charge is 0.362 e. The average Bonchev–Trinajstić information content (AvgIpc) is 3.08. The number of pyridine rings is 1. The highest BCUT2D eigenvalue weighted by molar-refractivity contribution is 7.91. The lowest BCUT2D eigenvalue weighted by molar-refractivity contribution is 0.542. The molecule has 0 aliphatic carbocycles. The van der Waals surface area contributed by atoms with Crippen LogP contribution in [0.2, 0.25) is 0 Å². The zero-order valence-corrected chi connectivity index (χ0v) is 15.8. The molecule has 0 fully saturated rings. The van der Waals surface area contributed by atoms with Gasteiger partial charge in [0.2, 0.25) is 0 Å². The first-order valence-electron chi connectivity index (χ1n) is 9.00. The van der Waals surface area contributed by atoms with E-state index in [1.807, 2.05) is 30.5 Å². The molecule has 0 radical (unpaired) electrons. The number of sulfone groups is 1. The molecular weight excluding hydrogens is 346 g/mol. The van der Waals surface area contributed by atoms with Crippen molar-refractivity contribution in [1.82, 2.24) is 9.97 Å². The van der Waals surface area contributed by atoms with Crippen molar-refractivity contribution in [2.45, 2.75) is 37.6 Å². The number of aryl methyl sites for hydroxylation is 1. The van der Waals surface area contributed by atoms with Crippen LogP contribution in [0.1, 0.15) is 37.4 Å². The number of hydrogen-bond donors (Lipinski definition) is 2. The summed E-state index contributed by atoms with van der Waals surface area (Å²) in [5.74, 6) is 1.33. The quantitative estimate of drug-likeness (QED) is 0.726. The molecule has 0 saturated carbocycles. The predicted octanol–water partition coefficient (Wildman–Crippen LogP) is 4.09. The summed E-state index contributed by atoms with van der Waals surface area (Å²) >= 11 is 0. The van der Waals surface area contributed by atoms with Crippen LogP contribution in [0.25, 0.3) is 10.9 Å². The molecule has 3 heterocycles. The van der Waals surface area contributed by atoms with E-state index in [9.17, 15) is 8.42 Å². The van der Waals surface area contributed by atoms with Gasteiger partial charge in [0.25, 0.3) is 0 Å². The lowest BCUT2D eigenvalue weighted by Gasteiger charge is -2.26. The second-order valence-corrected chi connectivity index (χ2v) is 9.33. The third kappa shape index (κ3) is 2.98. The molecule has 1 aromatic carbocycles. The predicted molar refractivity (Wildman–Crippen MR) is 104 cm³/mol. The van der Waals surface area contributed by atoms with Gasteiger partial charge in [0, 0.05) is 17.8 Å². The Bertz CT molecular complexity index is 1050. The maximum absolute atomic E-state index is 12.5. The SMILES string of the molecule is CC(C)[C@H](Nc1nccc2[nH]ccc12)c1ccc2c(c1)S(=O)(=O)CCC2. The zero-order valence-electron chi connectivity index (χ0n) is 15.0. The van der Waals surface area contributed by atoms with Crippen molar-refractivity contribution in [2.24, 2.45) is 5.92 Å². The summed E-state index contributed by atoms with van der Waals surface area (Å²) in [6.45, 7) is 4.26. The van der Waals surface area contributed by atoms with Crippen LogP contribution in [-0.2, 0) is 16.3 Å². The lowest BCUT2D eigenvalue weighted by atomic mass is 9.94. The van der Waals surface area contributed by atoms with Crippen LogP contribution in [0, 0.1) is 5.92 Å². The van der Waals surface area contributed by atoms with E-state index in [2.05, 4.69) is 35.2 Å². The van der Waals surface area contributed by atoms with E-state index in [1.54, 1.807) is 6.20 Å². The van der Waals surface area contributed by atoms with Gasteiger partial charge >= 0.3 is 0 Å². The van der Waals surface area contributed by atoms with Crippen LogP contribution >= 0.6 is 0 Å². The number of nitrogens with zero attached hydrogens (tertiary/aromatic N) is 1. The van der Waals surface area contributed by atoms with Gasteiger partial charge in [0.05, 0.1) is 22.2 Å². The summed E-state index contributed by atoms with van der Waals surface area (Å²) in [6.07, 6.45) is 5.21. The summed E-state index contributed by atoms with van der Waals surface area (Å²) in [5.41, 5.74) is 2.95. The highest BCUT2D eigenvalue weighted by atomic mass is 32.2. The molecule has 26 heavy (non-hydrogen) atoms. The fraction of sp³-hybridized carbons (Fsp3) is 0.350. The van der Waals surface area contributed by atoms with E-state index in [0.717, 1.165) is 34.3 Å². The Morgan fingerprint density at radius 1 is 1.19 bits per heavy atom. The van der Waals surface area contributed by atoms with Crippen molar-refractivity contribution < 1.29 is 8.42 Å². The maximum atomic E-state index is 12.5. The monoisotopic (exact) mass is 369 g/mol. The van der Waals surface area contributed by atoms with E-state index in [1.165, 1.54) is 0 Å². The molecule has 3 aromatic rings. The second kappa shape index (κ2) is 6.43. The molecule has 2 N–H and O–H groups in total. The first kappa shape index (κ1) is 17.1. The smallest absolute Gasteiger partial charge is 0.178 e. The van der Waals surface area contributed by atoms with E-state index >= 15 is 0 Å². The summed E-state index contributed by atoms with van der Waals surface area (Å²) < 4.78 is 25.0. The van der Waals surface area contributed by atoms with Gasteiger partial charge in [-0.15, -0.1) is 0 Å². The van der Waals surface area contributed by atoms with Crippen molar-refractivity contribution in [3.63, 3.8) is 0 Å². The molecule has 1 aliphatic rings. The van der Waals surface area contributed by atoms with E-state index in [-0.39, 0.29) is 17.7 Å². The molecule has 0 amide bonds. The number of benzene rings is 1. The summed E-state index contributed by atoms with van der Waals surface area (Å²) in [6, 6.07) is 9.80. The van der Waals surface area contributed by atoms with Crippen molar-refractivity contribution in [3.8, 4) is 0 Å². The van der Waals surface area contributed by atoms with Gasteiger partial charge < -0.3 is 10.3 Å². The summed E-state index contributed by atoms with van der Waals surface area (Å²) in [5, 5.41) is 4.56. The van der Waals surface area contributed by atoms with Gasteiger partial charge in [-0.25, -0.2) is 13.4 Å². The third-order valence-electron chi connectivity index (χ3n) is 5.08. The molecule has 1 atom stereocenters. The molecular formula is C20H23N3O2S. The molecule has 0 bridgehead atoms. The lowest BCUT2D eigenvalue weighted by Crippen LogP contribution is -2.20. The van der Waals surface area contributed by atoms with Gasteiger partial charge in [0.1, 0.15) is 5.82 Å². The van der Waals surface area contributed by atoms with Crippen LogP contribution in [0.15, 0.2) is 47.6 Å². The Kier molecular flexibility index (Phi) is 4.23. The number of hydrogen-bond acceptors (Lipinski definition) is 4. The number of nitrogens with one attached hydrogen (secondary N) is 2. The fourth-order valence-electron chi connectivity index (χ4n) is 3.70. The van der Waals surface area contributed by atoms with Gasteiger partial charge in [-0.2, -0.15) is 0 Å². The Balaban J connectivity index is 1.75. The van der Waals surface area contributed by atoms with Gasteiger partial charge in [0.15, 0.2) is 9.84 Å². The normalized spacial score (nSPS) is 17.2. The van der Waals surface area contributed by atoms with Crippen LogP contribution in [-0.4, -0.2) is 24.1 Å². The standard InChI is InChI=1S/C20H23N3O2S/c1-13(2)19(23-20-16-7-9-21-17(16)8-10-22-20)15-6-5-14-4-3-11-26(24,25)18(14)12-15/h5-10,12-13,19,21H,3-4,11H2,1-2H3,(H,22,23)/t19-/m0/s1. The topological polar surface area (TPSA) is 74.8 Å². The number of H-pyrrole nitrogens is 1. The Morgan fingerprint density at radius 3 is 2.85 bits per heavy atom. The highest BCUT2D eigenvalue weighted by Gasteiger charge is 2.26. The van der Waals surface area contributed by atoms with Crippen LogP contribution < -0.4 is 5.32 Å². The molecule has 4 rings (SSSR count). The number of rotatable bonds is 4. The van der Waals surface area contributed by atoms with Crippen molar-refractivity contribution >= 4 is 26.6 Å². The minimum atomic E-state index is -3.17. The number of aromatic nitrogens is 2. The number of anilines is 1. The molecule has 0 saturated heterocycles. The third-order valence-corrected chi connectivity index (χ3v) is 6.96. The van der Waals surface area contributed by atoms with Crippen molar-refractivity contribution in [2.75, 3.05) is 11.1 Å². The Hall–Kier alpha value is -2.34. The molecule has 1 aliphatic heterocycles. The minimum absolute atomic E-state index is 0.0228. The summed E-state index contributed by atoms with van der Waals surface area (Å²) in [4.78, 5) is 8.19. The van der Waals surface area contributed by atoms with Crippen LogP contribution in [0.3, 0.4) is 0 Å². The molecule has 0 spiro atoms. The van der Waals surface area contributed by atoms with Crippen molar-refractivity contribution in [3.05, 3.63) is 53.9 Å².